The number of hydroxylamine groups is 1. The van der Waals surface area contributed by atoms with Crippen LogP contribution in [0, 0.1) is 5.92 Å². The lowest BCUT2D eigenvalue weighted by atomic mass is 10.1. The number of nitrogens with two attached hydrogens (primary N) is 1. The second-order valence-corrected chi connectivity index (χ2v) is 4.04. The maximum atomic E-state index is 11.6. The molecule has 1 amide bonds. The van der Waals surface area contributed by atoms with E-state index in [9.17, 15) is 4.79 Å². The van der Waals surface area contributed by atoms with Crippen LogP contribution in [0.15, 0.2) is 24.3 Å². The molecule has 4 nitrogen and oxygen atoms in total. The maximum Gasteiger partial charge on any atom is 0.274 e. The van der Waals surface area contributed by atoms with Gasteiger partial charge in [0.05, 0.1) is 6.61 Å². The third kappa shape index (κ3) is 4.00. The Morgan fingerprint density at radius 2 is 2.00 bits per heavy atom. The highest BCUT2D eigenvalue weighted by Crippen LogP contribution is 2.03. The van der Waals surface area contributed by atoms with Crippen LogP contribution in [0.2, 0.25) is 0 Å². The van der Waals surface area contributed by atoms with E-state index >= 15 is 0 Å². The molecule has 0 heterocycles. The number of rotatable bonds is 5. The molecule has 0 saturated heterocycles. The minimum absolute atomic E-state index is 0.232. The SMILES string of the molecule is CC(C)CONC(=O)c1ccc(CN)cc1. The standard InChI is InChI=1S/C12H18N2O2/c1-9(2)8-16-14-12(15)11-5-3-10(7-13)4-6-11/h3-6,9H,7-8,13H2,1-2H3,(H,14,15). The zero-order valence-electron chi connectivity index (χ0n) is 9.69. The molecule has 0 bridgehead atoms. The Balaban J connectivity index is 2.46. The largest absolute Gasteiger partial charge is 0.326 e. The summed E-state index contributed by atoms with van der Waals surface area (Å²) >= 11 is 0. The van der Waals surface area contributed by atoms with Gasteiger partial charge in [-0.05, 0) is 23.6 Å². The van der Waals surface area contributed by atoms with Crippen molar-refractivity contribution in [1.82, 2.24) is 5.48 Å². The molecule has 0 atom stereocenters. The van der Waals surface area contributed by atoms with Crippen LogP contribution in [-0.4, -0.2) is 12.5 Å². The third-order valence-corrected chi connectivity index (χ3v) is 2.03. The first kappa shape index (κ1) is 12.7. The molecule has 88 valence electrons. The van der Waals surface area contributed by atoms with E-state index in [4.69, 9.17) is 10.6 Å². The van der Waals surface area contributed by atoms with E-state index in [2.05, 4.69) is 5.48 Å². The van der Waals surface area contributed by atoms with Crippen molar-refractivity contribution in [2.45, 2.75) is 20.4 Å². The van der Waals surface area contributed by atoms with Crippen LogP contribution in [0.4, 0.5) is 0 Å². The molecule has 0 unspecified atom stereocenters. The maximum absolute atomic E-state index is 11.6. The van der Waals surface area contributed by atoms with Crippen molar-refractivity contribution in [3.63, 3.8) is 0 Å². The Morgan fingerprint density at radius 1 is 1.38 bits per heavy atom. The van der Waals surface area contributed by atoms with E-state index in [1.54, 1.807) is 12.1 Å². The van der Waals surface area contributed by atoms with Crippen molar-refractivity contribution >= 4 is 5.91 Å². The van der Waals surface area contributed by atoms with Gasteiger partial charge in [-0.25, -0.2) is 5.48 Å². The van der Waals surface area contributed by atoms with Gasteiger partial charge in [0.15, 0.2) is 0 Å². The summed E-state index contributed by atoms with van der Waals surface area (Å²) in [6.07, 6.45) is 0. The van der Waals surface area contributed by atoms with E-state index in [0.29, 0.717) is 24.6 Å². The zero-order chi connectivity index (χ0) is 12.0. The number of hydrogen-bond donors (Lipinski definition) is 2. The van der Waals surface area contributed by atoms with Gasteiger partial charge >= 0.3 is 0 Å². The molecule has 0 spiro atoms. The highest BCUT2D eigenvalue weighted by molar-refractivity contribution is 5.93. The molecule has 4 heteroatoms. The lowest BCUT2D eigenvalue weighted by Gasteiger charge is -2.08. The summed E-state index contributed by atoms with van der Waals surface area (Å²) in [5.41, 5.74) is 9.43. The molecule has 0 aromatic heterocycles. The number of amides is 1. The second-order valence-electron chi connectivity index (χ2n) is 4.04. The summed E-state index contributed by atoms with van der Waals surface area (Å²) in [5.74, 6) is 0.157. The van der Waals surface area contributed by atoms with Crippen LogP contribution in [0.25, 0.3) is 0 Å². The molecule has 0 radical (unpaired) electrons. The number of carbonyl (C=O) groups excluding carboxylic acids is 1. The van der Waals surface area contributed by atoms with Crippen LogP contribution in [-0.2, 0) is 11.4 Å². The number of nitrogens with one attached hydrogen (secondary N) is 1. The van der Waals surface area contributed by atoms with Crippen LogP contribution >= 0.6 is 0 Å². The molecule has 1 aromatic rings. The fraction of sp³-hybridized carbons (Fsp3) is 0.417. The smallest absolute Gasteiger partial charge is 0.274 e. The first-order valence-corrected chi connectivity index (χ1v) is 5.34. The minimum atomic E-state index is -0.232. The topological polar surface area (TPSA) is 64.3 Å². The van der Waals surface area contributed by atoms with Gasteiger partial charge in [-0.3, -0.25) is 9.63 Å². The highest BCUT2D eigenvalue weighted by Gasteiger charge is 2.05. The Kier molecular flexibility index (Phi) is 4.95. The van der Waals surface area contributed by atoms with Gasteiger partial charge in [0.1, 0.15) is 0 Å². The van der Waals surface area contributed by atoms with Crippen molar-refractivity contribution in [2.75, 3.05) is 6.61 Å². The number of benzene rings is 1. The molecule has 1 aromatic carbocycles. The summed E-state index contributed by atoms with van der Waals surface area (Å²) in [6, 6.07) is 7.13. The van der Waals surface area contributed by atoms with Gasteiger partial charge in [0.2, 0.25) is 0 Å². The Bertz CT molecular complexity index is 333. The molecule has 0 aliphatic carbocycles. The average molecular weight is 222 g/mol. The van der Waals surface area contributed by atoms with Crippen molar-refractivity contribution in [3.8, 4) is 0 Å². The fourth-order valence-electron chi connectivity index (χ4n) is 1.13. The summed E-state index contributed by atoms with van der Waals surface area (Å²) in [6.45, 7) is 5.02. The van der Waals surface area contributed by atoms with E-state index in [1.807, 2.05) is 26.0 Å². The van der Waals surface area contributed by atoms with E-state index < -0.39 is 0 Å². The van der Waals surface area contributed by atoms with Gasteiger partial charge in [-0.2, -0.15) is 0 Å². The quantitative estimate of drug-likeness (QED) is 0.741. The Morgan fingerprint density at radius 3 is 2.50 bits per heavy atom. The van der Waals surface area contributed by atoms with Crippen LogP contribution in [0.5, 0.6) is 0 Å². The van der Waals surface area contributed by atoms with E-state index in [0.717, 1.165) is 5.56 Å². The molecule has 0 fully saturated rings. The van der Waals surface area contributed by atoms with Gasteiger partial charge in [0, 0.05) is 12.1 Å². The van der Waals surface area contributed by atoms with Gasteiger partial charge in [0.25, 0.3) is 5.91 Å². The van der Waals surface area contributed by atoms with E-state index in [-0.39, 0.29) is 5.91 Å². The predicted molar refractivity (Wildman–Crippen MR) is 62.6 cm³/mol. The highest BCUT2D eigenvalue weighted by atomic mass is 16.6. The number of hydrogen-bond acceptors (Lipinski definition) is 3. The summed E-state index contributed by atoms with van der Waals surface area (Å²) in [5, 5.41) is 0. The van der Waals surface area contributed by atoms with Gasteiger partial charge in [-0.1, -0.05) is 26.0 Å². The molecular weight excluding hydrogens is 204 g/mol. The zero-order valence-corrected chi connectivity index (χ0v) is 9.69. The molecule has 16 heavy (non-hydrogen) atoms. The molecule has 3 N–H and O–H groups in total. The lowest BCUT2D eigenvalue weighted by molar-refractivity contribution is 0.0208. The molecule has 0 saturated carbocycles. The second kappa shape index (κ2) is 6.25. The monoisotopic (exact) mass is 222 g/mol. The van der Waals surface area contributed by atoms with Gasteiger partial charge < -0.3 is 5.73 Å². The average Bonchev–Trinajstić information content (AvgIpc) is 2.28. The van der Waals surface area contributed by atoms with Crippen molar-refractivity contribution in [2.24, 2.45) is 11.7 Å². The molecule has 1 rings (SSSR count). The third-order valence-electron chi connectivity index (χ3n) is 2.03. The minimum Gasteiger partial charge on any atom is -0.326 e. The van der Waals surface area contributed by atoms with Crippen molar-refractivity contribution in [3.05, 3.63) is 35.4 Å². The summed E-state index contributed by atoms with van der Waals surface area (Å²) < 4.78 is 0. The number of carbonyl (C=O) groups is 1. The van der Waals surface area contributed by atoms with Crippen molar-refractivity contribution in [1.29, 1.82) is 0 Å². The normalized spacial score (nSPS) is 10.5. The summed E-state index contributed by atoms with van der Waals surface area (Å²) in [4.78, 5) is 16.6. The van der Waals surface area contributed by atoms with Crippen LogP contribution in [0.3, 0.4) is 0 Å². The molecule has 0 aliphatic heterocycles. The summed E-state index contributed by atoms with van der Waals surface area (Å²) in [7, 11) is 0. The van der Waals surface area contributed by atoms with Crippen LogP contribution in [0.1, 0.15) is 29.8 Å². The van der Waals surface area contributed by atoms with E-state index in [1.165, 1.54) is 0 Å². The Hall–Kier alpha value is -1.39. The van der Waals surface area contributed by atoms with Crippen LogP contribution < -0.4 is 11.2 Å². The Labute approximate surface area is 95.7 Å². The van der Waals surface area contributed by atoms with Gasteiger partial charge in [-0.15, -0.1) is 0 Å². The lowest BCUT2D eigenvalue weighted by Crippen LogP contribution is -2.25. The predicted octanol–water partition coefficient (Wildman–Crippen LogP) is 1.46. The first-order chi connectivity index (χ1) is 7.63. The molecule has 0 aliphatic rings. The van der Waals surface area contributed by atoms with Crippen molar-refractivity contribution < 1.29 is 9.63 Å². The molecular formula is C12H18N2O2. The first-order valence-electron chi connectivity index (χ1n) is 5.34. The fourth-order valence-corrected chi connectivity index (χ4v) is 1.13.